The molecule has 2 rings (SSSR count). The van der Waals surface area contributed by atoms with Crippen LogP contribution in [0.4, 0.5) is 0 Å². The third-order valence-electron chi connectivity index (χ3n) is 3.10. The average Bonchev–Trinajstić information content (AvgIpc) is 2.64. The third kappa shape index (κ3) is 2.02. The van der Waals surface area contributed by atoms with E-state index in [-0.39, 0.29) is 0 Å². The zero-order valence-corrected chi connectivity index (χ0v) is 8.33. The summed E-state index contributed by atoms with van der Waals surface area (Å²) < 4.78 is 5.60. The first-order valence-electron chi connectivity index (χ1n) is 5.16. The lowest BCUT2D eigenvalue weighted by Gasteiger charge is -2.17. The Morgan fingerprint density at radius 1 is 1.46 bits per heavy atom. The quantitative estimate of drug-likeness (QED) is 0.601. The van der Waals surface area contributed by atoms with Crippen molar-refractivity contribution >= 4 is 0 Å². The molecule has 0 aromatic rings. The molecule has 0 aromatic heterocycles. The molecule has 0 aliphatic heterocycles. The van der Waals surface area contributed by atoms with Gasteiger partial charge in [-0.2, -0.15) is 0 Å². The Kier molecular flexibility index (Phi) is 2.54. The van der Waals surface area contributed by atoms with Crippen LogP contribution in [0.3, 0.4) is 0 Å². The van der Waals surface area contributed by atoms with E-state index in [0.29, 0.717) is 0 Å². The lowest BCUT2D eigenvalue weighted by Crippen LogP contribution is -2.14. The van der Waals surface area contributed by atoms with Crippen LogP contribution in [0.2, 0.25) is 0 Å². The van der Waals surface area contributed by atoms with Gasteiger partial charge in [-0.25, -0.2) is 0 Å². The van der Waals surface area contributed by atoms with Gasteiger partial charge >= 0.3 is 0 Å². The molecule has 1 heteroatoms. The molecule has 0 spiro atoms. The Bertz CT molecular complexity index is 229. The second-order valence-corrected chi connectivity index (χ2v) is 4.51. The van der Waals surface area contributed by atoms with E-state index in [1.54, 1.807) is 0 Å². The highest BCUT2D eigenvalue weighted by molar-refractivity contribution is 5.10. The number of hydrogen-bond donors (Lipinski definition) is 0. The Balaban J connectivity index is 1.72. The monoisotopic (exact) mass is 178 g/mol. The maximum Gasteiger partial charge on any atom is 0.0671 e. The second kappa shape index (κ2) is 3.67. The van der Waals surface area contributed by atoms with E-state index in [0.717, 1.165) is 36.5 Å². The maximum absolute atomic E-state index is 5.60. The summed E-state index contributed by atoms with van der Waals surface area (Å²) in [4.78, 5) is 0. The van der Waals surface area contributed by atoms with Gasteiger partial charge in [-0.3, -0.25) is 0 Å². The lowest BCUT2D eigenvalue weighted by atomic mass is 9.95. The minimum absolute atomic E-state index is 0.734. The van der Waals surface area contributed by atoms with Crippen molar-refractivity contribution in [2.75, 3.05) is 13.2 Å². The van der Waals surface area contributed by atoms with E-state index >= 15 is 0 Å². The molecule has 0 amide bonds. The molecule has 0 aromatic carbocycles. The first-order valence-corrected chi connectivity index (χ1v) is 5.16. The van der Waals surface area contributed by atoms with Crippen LogP contribution in [0, 0.1) is 17.8 Å². The van der Waals surface area contributed by atoms with Crippen LogP contribution in [0.15, 0.2) is 24.3 Å². The molecule has 3 unspecified atom stereocenters. The zero-order chi connectivity index (χ0) is 9.26. The first kappa shape index (κ1) is 9.01. The fraction of sp³-hybridized carbons (Fsp3) is 0.667. The number of ether oxygens (including phenoxy) is 1. The van der Waals surface area contributed by atoms with Crippen molar-refractivity contribution in [3.8, 4) is 0 Å². The van der Waals surface area contributed by atoms with Gasteiger partial charge in [0.2, 0.25) is 0 Å². The minimum Gasteiger partial charge on any atom is -0.377 e. The molecule has 0 saturated heterocycles. The zero-order valence-electron chi connectivity index (χ0n) is 8.33. The molecule has 13 heavy (non-hydrogen) atoms. The van der Waals surface area contributed by atoms with E-state index in [4.69, 9.17) is 4.74 Å². The standard InChI is InChI=1S/C12H18O/c1-9(2)7-13-8-12-6-10-3-4-11(12)5-10/h3-4,10-12H,1,5-8H2,2H3. The van der Waals surface area contributed by atoms with Crippen LogP contribution in [0.25, 0.3) is 0 Å². The van der Waals surface area contributed by atoms with Crippen LogP contribution < -0.4 is 0 Å². The van der Waals surface area contributed by atoms with Gasteiger partial charge in [0.1, 0.15) is 0 Å². The summed E-state index contributed by atoms with van der Waals surface area (Å²) in [7, 11) is 0. The molecule has 1 fully saturated rings. The van der Waals surface area contributed by atoms with Gasteiger partial charge in [-0.15, -0.1) is 0 Å². The molecule has 1 saturated carbocycles. The number of rotatable bonds is 4. The minimum atomic E-state index is 0.734. The summed E-state index contributed by atoms with van der Waals surface area (Å²) in [6.07, 6.45) is 7.47. The number of hydrogen-bond acceptors (Lipinski definition) is 1. The third-order valence-corrected chi connectivity index (χ3v) is 3.10. The summed E-state index contributed by atoms with van der Waals surface area (Å²) in [5.41, 5.74) is 1.12. The predicted octanol–water partition coefficient (Wildman–Crippen LogP) is 2.79. The Morgan fingerprint density at radius 2 is 2.31 bits per heavy atom. The van der Waals surface area contributed by atoms with Gasteiger partial charge in [0.15, 0.2) is 0 Å². The normalized spacial score (nSPS) is 35.6. The topological polar surface area (TPSA) is 9.23 Å². The van der Waals surface area contributed by atoms with Crippen molar-refractivity contribution in [1.82, 2.24) is 0 Å². The van der Waals surface area contributed by atoms with Crippen molar-refractivity contribution in [1.29, 1.82) is 0 Å². The highest BCUT2D eigenvalue weighted by atomic mass is 16.5. The van der Waals surface area contributed by atoms with Crippen molar-refractivity contribution in [2.24, 2.45) is 17.8 Å². The van der Waals surface area contributed by atoms with Crippen molar-refractivity contribution in [3.05, 3.63) is 24.3 Å². The highest BCUT2D eigenvalue weighted by Crippen LogP contribution is 2.43. The molecule has 1 nitrogen and oxygen atoms in total. The fourth-order valence-corrected chi connectivity index (χ4v) is 2.47. The fourth-order valence-electron chi connectivity index (χ4n) is 2.47. The Morgan fingerprint density at radius 3 is 2.85 bits per heavy atom. The molecule has 0 heterocycles. The summed E-state index contributed by atoms with van der Waals surface area (Å²) in [5.74, 6) is 2.47. The van der Waals surface area contributed by atoms with Gasteiger partial charge in [0.05, 0.1) is 13.2 Å². The molecule has 2 aliphatic carbocycles. The molecule has 0 radical (unpaired) electrons. The summed E-state index contributed by atoms with van der Waals surface area (Å²) in [6, 6.07) is 0. The second-order valence-electron chi connectivity index (χ2n) is 4.51. The average molecular weight is 178 g/mol. The lowest BCUT2D eigenvalue weighted by molar-refractivity contribution is 0.108. The summed E-state index contributed by atoms with van der Waals surface area (Å²) in [6.45, 7) is 7.51. The SMILES string of the molecule is C=C(C)COCC1CC2C=CC1C2. The van der Waals surface area contributed by atoms with E-state index < -0.39 is 0 Å². The molecule has 2 aliphatic rings. The van der Waals surface area contributed by atoms with Crippen LogP contribution in [0.1, 0.15) is 19.8 Å². The largest absolute Gasteiger partial charge is 0.377 e. The van der Waals surface area contributed by atoms with Crippen LogP contribution in [-0.2, 0) is 4.74 Å². The van der Waals surface area contributed by atoms with Crippen molar-refractivity contribution < 1.29 is 4.74 Å². The number of fused-ring (bicyclic) bond motifs is 2. The van der Waals surface area contributed by atoms with E-state index in [1.807, 2.05) is 6.92 Å². The molecule has 3 atom stereocenters. The molecule has 72 valence electrons. The molecule has 2 bridgehead atoms. The number of allylic oxidation sites excluding steroid dienone is 2. The van der Waals surface area contributed by atoms with Gasteiger partial charge < -0.3 is 4.74 Å². The van der Waals surface area contributed by atoms with E-state index in [2.05, 4.69) is 18.7 Å². The van der Waals surface area contributed by atoms with Crippen LogP contribution in [-0.4, -0.2) is 13.2 Å². The molecular weight excluding hydrogens is 160 g/mol. The molecular formula is C12H18O. The summed E-state index contributed by atoms with van der Waals surface area (Å²) >= 11 is 0. The van der Waals surface area contributed by atoms with Gasteiger partial charge in [-0.1, -0.05) is 24.3 Å². The maximum atomic E-state index is 5.60. The van der Waals surface area contributed by atoms with Crippen LogP contribution in [0.5, 0.6) is 0 Å². The Labute approximate surface area is 80.5 Å². The van der Waals surface area contributed by atoms with Gasteiger partial charge in [-0.05, 0) is 37.5 Å². The smallest absolute Gasteiger partial charge is 0.0671 e. The highest BCUT2D eigenvalue weighted by Gasteiger charge is 2.35. The van der Waals surface area contributed by atoms with E-state index in [1.165, 1.54) is 12.8 Å². The van der Waals surface area contributed by atoms with Crippen LogP contribution >= 0.6 is 0 Å². The summed E-state index contributed by atoms with van der Waals surface area (Å²) in [5, 5.41) is 0. The first-order chi connectivity index (χ1) is 6.25. The van der Waals surface area contributed by atoms with Gasteiger partial charge in [0.25, 0.3) is 0 Å². The predicted molar refractivity (Wildman–Crippen MR) is 54.5 cm³/mol. The van der Waals surface area contributed by atoms with E-state index in [9.17, 15) is 0 Å². The molecule has 0 N–H and O–H groups in total. The van der Waals surface area contributed by atoms with Crippen molar-refractivity contribution in [3.63, 3.8) is 0 Å². The van der Waals surface area contributed by atoms with Gasteiger partial charge in [0, 0.05) is 0 Å². The van der Waals surface area contributed by atoms with Crippen molar-refractivity contribution in [2.45, 2.75) is 19.8 Å². The Hall–Kier alpha value is -0.560.